The minimum absolute atomic E-state index is 0.401. The molecular weight excluding hydrogens is 291 g/mol. The van der Waals surface area contributed by atoms with Crippen molar-refractivity contribution in [3.8, 4) is 11.5 Å². The molecule has 3 heterocycles. The Balaban J connectivity index is 2.24. The summed E-state index contributed by atoms with van der Waals surface area (Å²) >= 11 is 13.4. The van der Waals surface area contributed by atoms with Crippen LogP contribution in [0.3, 0.4) is 0 Å². The van der Waals surface area contributed by atoms with E-state index in [-0.39, 0.29) is 0 Å². The molecule has 3 rings (SSSR count). The SMILES string of the molecule is Nc1nc(-c2ncc(Cl)cc2Cl)nc2sccc12. The summed E-state index contributed by atoms with van der Waals surface area (Å²) in [5, 5.41) is 3.62. The number of nitrogen functional groups attached to an aromatic ring is 1. The van der Waals surface area contributed by atoms with Crippen LogP contribution in [-0.4, -0.2) is 15.0 Å². The summed E-state index contributed by atoms with van der Waals surface area (Å²) in [5.74, 6) is 0.827. The van der Waals surface area contributed by atoms with Crippen LogP contribution in [0.4, 0.5) is 5.82 Å². The Bertz CT molecular complexity index is 741. The third-order valence-corrected chi connectivity index (χ3v) is 3.68. The molecule has 0 amide bonds. The molecule has 3 aromatic rings. The Morgan fingerprint density at radius 3 is 2.83 bits per heavy atom. The summed E-state index contributed by atoms with van der Waals surface area (Å²) in [4.78, 5) is 13.6. The maximum absolute atomic E-state index is 6.08. The smallest absolute Gasteiger partial charge is 0.183 e. The minimum Gasteiger partial charge on any atom is -0.383 e. The number of rotatable bonds is 1. The molecular formula is C11H6Cl2N4S. The number of halogens is 2. The number of nitrogens with zero attached hydrogens (tertiary/aromatic N) is 3. The highest BCUT2D eigenvalue weighted by Gasteiger charge is 2.12. The molecule has 0 atom stereocenters. The molecule has 0 bridgehead atoms. The largest absolute Gasteiger partial charge is 0.383 e. The van der Waals surface area contributed by atoms with Crippen molar-refractivity contribution in [1.29, 1.82) is 0 Å². The summed E-state index contributed by atoms with van der Waals surface area (Å²) < 4.78 is 0. The van der Waals surface area contributed by atoms with Crippen molar-refractivity contribution in [2.75, 3.05) is 5.73 Å². The van der Waals surface area contributed by atoms with Crippen molar-refractivity contribution in [3.63, 3.8) is 0 Å². The van der Waals surface area contributed by atoms with Crippen LogP contribution >= 0.6 is 34.5 Å². The van der Waals surface area contributed by atoms with Crippen LogP contribution in [0.1, 0.15) is 0 Å². The van der Waals surface area contributed by atoms with Gasteiger partial charge in [-0.25, -0.2) is 15.0 Å². The van der Waals surface area contributed by atoms with Gasteiger partial charge in [0.2, 0.25) is 0 Å². The standard InChI is InChI=1S/C11H6Cl2N4S/c12-5-3-7(13)8(15-4-5)10-16-9(14)6-1-2-18-11(6)17-10/h1-4H,(H2,14,16,17). The lowest BCUT2D eigenvalue weighted by Crippen LogP contribution is -1.97. The van der Waals surface area contributed by atoms with E-state index in [0.717, 1.165) is 10.2 Å². The summed E-state index contributed by atoms with van der Waals surface area (Å²) in [6.07, 6.45) is 1.50. The van der Waals surface area contributed by atoms with Crippen LogP contribution < -0.4 is 5.73 Å². The molecule has 0 spiro atoms. The summed E-state index contributed by atoms with van der Waals surface area (Å²) in [7, 11) is 0. The van der Waals surface area contributed by atoms with E-state index in [9.17, 15) is 0 Å². The zero-order chi connectivity index (χ0) is 12.7. The lowest BCUT2D eigenvalue weighted by molar-refractivity contribution is 1.19. The fourth-order valence-electron chi connectivity index (χ4n) is 1.56. The maximum atomic E-state index is 6.08. The van der Waals surface area contributed by atoms with Crippen LogP contribution in [0.5, 0.6) is 0 Å². The average Bonchev–Trinajstić information content (AvgIpc) is 2.77. The zero-order valence-electron chi connectivity index (χ0n) is 8.89. The first kappa shape index (κ1) is 11.6. The molecule has 90 valence electrons. The molecule has 0 fully saturated rings. The molecule has 4 nitrogen and oxygen atoms in total. The van der Waals surface area contributed by atoms with Gasteiger partial charge in [-0.1, -0.05) is 23.2 Å². The van der Waals surface area contributed by atoms with Crippen LogP contribution in [0, 0.1) is 0 Å². The van der Waals surface area contributed by atoms with Crippen LogP contribution in [0.25, 0.3) is 21.7 Å². The van der Waals surface area contributed by atoms with E-state index in [2.05, 4.69) is 15.0 Å². The molecule has 2 N–H and O–H groups in total. The fraction of sp³-hybridized carbons (Fsp3) is 0. The maximum Gasteiger partial charge on any atom is 0.183 e. The molecule has 3 aromatic heterocycles. The van der Waals surface area contributed by atoms with Gasteiger partial charge in [0.05, 0.1) is 15.4 Å². The lowest BCUT2D eigenvalue weighted by Gasteiger charge is -2.04. The topological polar surface area (TPSA) is 64.7 Å². The van der Waals surface area contributed by atoms with E-state index in [1.807, 2.05) is 11.4 Å². The number of aromatic nitrogens is 3. The van der Waals surface area contributed by atoms with Gasteiger partial charge >= 0.3 is 0 Å². The van der Waals surface area contributed by atoms with E-state index in [1.54, 1.807) is 6.07 Å². The third-order valence-electron chi connectivity index (χ3n) is 2.37. The van der Waals surface area contributed by atoms with Crippen molar-refractivity contribution in [3.05, 3.63) is 33.8 Å². The van der Waals surface area contributed by atoms with E-state index < -0.39 is 0 Å². The van der Waals surface area contributed by atoms with Gasteiger partial charge in [0.25, 0.3) is 0 Å². The highest BCUT2D eigenvalue weighted by atomic mass is 35.5. The Morgan fingerprint density at radius 2 is 2.06 bits per heavy atom. The first-order valence-corrected chi connectivity index (χ1v) is 6.61. The van der Waals surface area contributed by atoms with Crippen molar-refractivity contribution in [2.45, 2.75) is 0 Å². The predicted octanol–water partition coefficient (Wildman–Crippen LogP) is 3.64. The van der Waals surface area contributed by atoms with Crippen molar-refractivity contribution < 1.29 is 0 Å². The van der Waals surface area contributed by atoms with E-state index in [0.29, 0.717) is 27.4 Å². The van der Waals surface area contributed by atoms with Crippen LogP contribution in [0.15, 0.2) is 23.7 Å². The number of hydrogen-bond donors (Lipinski definition) is 1. The molecule has 0 saturated heterocycles. The summed E-state index contributed by atoms with van der Waals surface area (Å²) in [6.45, 7) is 0. The van der Waals surface area contributed by atoms with Gasteiger partial charge in [-0.2, -0.15) is 0 Å². The van der Waals surface area contributed by atoms with Crippen LogP contribution in [0.2, 0.25) is 10.0 Å². The Hall–Kier alpha value is -1.43. The molecule has 0 unspecified atom stereocenters. The van der Waals surface area contributed by atoms with Gasteiger partial charge in [0.15, 0.2) is 5.82 Å². The first-order valence-electron chi connectivity index (χ1n) is 4.97. The molecule has 0 aliphatic carbocycles. The summed E-state index contributed by atoms with van der Waals surface area (Å²) in [6, 6.07) is 3.49. The van der Waals surface area contributed by atoms with Crippen molar-refractivity contribution >= 4 is 50.6 Å². The minimum atomic E-state index is 0.401. The second kappa shape index (κ2) is 4.35. The number of hydrogen-bond acceptors (Lipinski definition) is 5. The number of thiophene rings is 1. The number of anilines is 1. The van der Waals surface area contributed by atoms with Crippen molar-refractivity contribution in [2.24, 2.45) is 0 Å². The van der Waals surface area contributed by atoms with Crippen LogP contribution in [-0.2, 0) is 0 Å². The average molecular weight is 297 g/mol. The molecule has 0 aliphatic heterocycles. The Kier molecular flexibility index (Phi) is 2.81. The lowest BCUT2D eigenvalue weighted by atomic mass is 10.3. The molecule has 7 heteroatoms. The van der Waals surface area contributed by atoms with Crippen molar-refractivity contribution in [1.82, 2.24) is 15.0 Å². The monoisotopic (exact) mass is 296 g/mol. The third kappa shape index (κ3) is 1.90. The second-order valence-electron chi connectivity index (χ2n) is 3.56. The van der Waals surface area contributed by atoms with Gasteiger partial charge in [-0.15, -0.1) is 11.3 Å². The normalized spacial score (nSPS) is 11.0. The van der Waals surface area contributed by atoms with E-state index in [4.69, 9.17) is 28.9 Å². The Labute approximate surface area is 116 Å². The van der Waals surface area contributed by atoms with Gasteiger partial charge < -0.3 is 5.73 Å². The molecule has 0 saturated carbocycles. The predicted molar refractivity (Wildman–Crippen MR) is 75.1 cm³/mol. The number of pyridine rings is 1. The fourth-order valence-corrected chi connectivity index (χ4v) is 2.80. The highest BCUT2D eigenvalue weighted by Crippen LogP contribution is 2.30. The number of fused-ring (bicyclic) bond motifs is 1. The van der Waals surface area contributed by atoms with Gasteiger partial charge in [-0.05, 0) is 17.5 Å². The quantitative estimate of drug-likeness (QED) is 0.744. The zero-order valence-corrected chi connectivity index (χ0v) is 11.2. The van der Waals surface area contributed by atoms with E-state index >= 15 is 0 Å². The molecule has 18 heavy (non-hydrogen) atoms. The Morgan fingerprint density at radius 1 is 1.22 bits per heavy atom. The molecule has 0 radical (unpaired) electrons. The van der Waals surface area contributed by atoms with Gasteiger partial charge in [0, 0.05) is 6.20 Å². The van der Waals surface area contributed by atoms with Gasteiger partial charge in [-0.3, -0.25) is 0 Å². The number of nitrogens with two attached hydrogens (primary N) is 1. The van der Waals surface area contributed by atoms with E-state index in [1.165, 1.54) is 17.5 Å². The second-order valence-corrected chi connectivity index (χ2v) is 5.29. The summed E-state index contributed by atoms with van der Waals surface area (Å²) in [5.41, 5.74) is 6.35. The molecule has 0 aliphatic rings. The highest BCUT2D eigenvalue weighted by molar-refractivity contribution is 7.16. The molecule has 0 aromatic carbocycles. The first-order chi connectivity index (χ1) is 8.65. The van der Waals surface area contributed by atoms with Gasteiger partial charge in [0.1, 0.15) is 16.3 Å².